The first-order chi connectivity index (χ1) is 12.2. The van der Waals surface area contributed by atoms with E-state index in [1.807, 2.05) is 55.5 Å². The molecule has 3 nitrogen and oxygen atoms in total. The summed E-state index contributed by atoms with van der Waals surface area (Å²) < 4.78 is 0. The minimum Gasteiger partial charge on any atom is -0.346 e. The van der Waals surface area contributed by atoms with Crippen LogP contribution in [-0.4, -0.2) is 10.9 Å². The highest BCUT2D eigenvalue weighted by Gasteiger charge is 2.06. The molecule has 1 aromatic heterocycles. The third kappa shape index (κ3) is 4.64. The van der Waals surface area contributed by atoms with Crippen LogP contribution < -0.4 is 5.32 Å². The second-order valence-corrected chi connectivity index (χ2v) is 5.84. The van der Waals surface area contributed by atoms with Crippen molar-refractivity contribution < 1.29 is 4.79 Å². The van der Waals surface area contributed by atoms with Crippen molar-refractivity contribution >= 4 is 12.0 Å². The normalized spacial score (nSPS) is 12.0. The number of carbonyl (C=O) groups is 1. The van der Waals surface area contributed by atoms with Gasteiger partial charge in [0.05, 0.1) is 6.04 Å². The van der Waals surface area contributed by atoms with Crippen LogP contribution in [0.3, 0.4) is 0 Å². The van der Waals surface area contributed by atoms with E-state index in [1.54, 1.807) is 18.5 Å². The van der Waals surface area contributed by atoms with Gasteiger partial charge in [0.2, 0.25) is 5.91 Å². The Bertz CT molecular complexity index is 857. The molecule has 1 heterocycles. The molecule has 1 atom stereocenters. The van der Waals surface area contributed by atoms with Gasteiger partial charge in [0, 0.05) is 18.5 Å². The SMILES string of the molecule is CC(NC(=O)/C=C/c1cccc(-c2ccccc2)c1)c1ccncc1. The van der Waals surface area contributed by atoms with Gasteiger partial charge < -0.3 is 5.32 Å². The number of amides is 1. The monoisotopic (exact) mass is 328 g/mol. The first-order valence-electron chi connectivity index (χ1n) is 8.26. The van der Waals surface area contributed by atoms with Gasteiger partial charge in [-0.05, 0) is 53.5 Å². The highest BCUT2D eigenvalue weighted by molar-refractivity contribution is 5.92. The molecule has 1 N–H and O–H groups in total. The molecule has 1 amide bonds. The summed E-state index contributed by atoms with van der Waals surface area (Å²) in [6.07, 6.45) is 6.86. The second kappa shape index (κ2) is 8.06. The third-order valence-electron chi connectivity index (χ3n) is 3.99. The van der Waals surface area contributed by atoms with Crippen molar-refractivity contribution in [3.05, 3.63) is 96.3 Å². The molecular formula is C22H20N2O. The first kappa shape index (κ1) is 16.7. The minimum absolute atomic E-state index is 0.0594. The van der Waals surface area contributed by atoms with Crippen LogP contribution >= 0.6 is 0 Å². The molecule has 124 valence electrons. The van der Waals surface area contributed by atoms with E-state index in [2.05, 4.69) is 34.6 Å². The lowest BCUT2D eigenvalue weighted by Gasteiger charge is -2.12. The largest absolute Gasteiger partial charge is 0.346 e. The summed E-state index contributed by atoms with van der Waals surface area (Å²) in [6.45, 7) is 1.96. The minimum atomic E-state index is -0.116. The second-order valence-electron chi connectivity index (χ2n) is 5.84. The molecule has 3 rings (SSSR count). The Kier molecular flexibility index (Phi) is 5.37. The Labute approximate surface area is 148 Å². The number of pyridine rings is 1. The molecule has 3 aromatic rings. The molecule has 2 aromatic carbocycles. The van der Waals surface area contributed by atoms with Crippen molar-refractivity contribution in [1.29, 1.82) is 0 Å². The maximum atomic E-state index is 12.1. The highest BCUT2D eigenvalue weighted by atomic mass is 16.1. The van der Waals surface area contributed by atoms with Gasteiger partial charge in [-0.1, -0.05) is 48.5 Å². The smallest absolute Gasteiger partial charge is 0.244 e. The van der Waals surface area contributed by atoms with Crippen LogP contribution in [0.1, 0.15) is 24.1 Å². The molecule has 1 unspecified atom stereocenters. The van der Waals surface area contributed by atoms with E-state index in [1.165, 1.54) is 0 Å². The maximum Gasteiger partial charge on any atom is 0.244 e. The third-order valence-corrected chi connectivity index (χ3v) is 3.99. The van der Waals surface area contributed by atoms with Crippen LogP contribution in [0.25, 0.3) is 17.2 Å². The van der Waals surface area contributed by atoms with Crippen LogP contribution in [0, 0.1) is 0 Å². The van der Waals surface area contributed by atoms with E-state index >= 15 is 0 Å². The lowest BCUT2D eigenvalue weighted by molar-refractivity contribution is -0.117. The standard InChI is InChI=1S/C22H20N2O/c1-17(19-12-14-23-15-13-19)24-22(25)11-10-18-6-5-9-21(16-18)20-7-3-2-4-8-20/h2-17H,1H3,(H,24,25)/b11-10+. The van der Waals surface area contributed by atoms with Gasteiger partial charge in [-0.15, -0.1) is 0 Å². The maximum absolute atomic E-state index is 12.1. The van der Waals surface area contributed by atoms with Crippen molar-refractivity contribution in [2.24, 2.45) is 0 Å². The zero-order valence-electron chi connectivity index (χ0n) is 14.1. The van der Waals surface area contributed by atoms with Gasteiger partial charge in [0.25, 0.3) is 0 Å². The fourth-order valence-corrected chi connectivity index (χ4v) is 2.62. The number of hydrogen-bond acceptors (Lipinski definition) is 2. The van der Waals surface area contributed by atoms with Crippen molar-refractivity contribution in [3.63, 3.8) is 0 Å². The van der Waals surface area contributed by atoms with Crippen molar-refractivity contribution in [2.45, 2.75) is 13.0 Å². The number of nitrogens with zero attached hydrogens (tertiary/aromatic N) is 1. The van der Waals surface area contributed by atoms with Gasteiger partial charge in [0.15, 0.2) is 0 Å². The summed E-state index contributed by atoms with van der Waals surface area (Å²) >= 11 is 0. The summed E-state index contributed by atoms with van der Waals surface area (Å²) in [5.74, 6) is -0.116. The average Bonchev–Trinajstić information content (AvgIpc) is 2.68. The summed E-state index contributed by atoms with van der Waals surface area (Å²) in [5.41, 5.74) is 4.32. The molecule has 0 aliphatic rings. The van der Waals surface area contributed by atoms with E-state index < -0.39 is 0 Å². The van der Waals surface area contributed by atoms with Crippen molar-refractivity contribution in [3.8, 4) is 11.1 Å². The molecular weight excluding hydrogens is 308 g/mol. The van der Waals surface area contributed by atoms with Crippen molar-refractivity contribution in [1.82, 2.24) is 10.3 Å². The average molecular weight is 328 g/mol. The summed E-state index contributed by atoms with van der Waals surface area (Å²) in [7, 11) is 0. The number of benzene rings is 2. The number of aromatic nitrogens is 1. The lowest BCUT2D eigenvalue weighted by atomic mass is 10.0. The quantitative estimate of drug-likeness (QED) is 0.693. The van der Waals surface area contributed by atoms with Gasteiger partial charge in [-0.3, -0.25) is 9.78 Å². The molecule has 3 heteroatoms. The van der Waals surface area contributed by atoms with Crippen molar-refractivity contribution in [2.75, 3.05) is 0 Å². The molecule has 25 heavy (non-hydrogen) atoms. The topological polar surface area (TPSA) is 42.0 Å². The van der Waals surface area contributed by atoms with Gasteiger partial charge >= 0.3 is 0 Å². The summed E-state index contributed by atoms with van der Waals surface area (Å²) in [6, 6.07) is 22.1. The van der Waals surface area contributed by atoms with Crippen LogP contribution in [0.15, 0.2) is 85.2 Å². The number of rotatable bonds is 5. The molecule has 0 aliphatic carbocycles. The van der Waals surface area contributed by atoms with Gasteiger partial charge in [0.1, 0.15) is 0 Å². The Morgan fingerprint density at radius 3 is 2.44 bits per heavy atom. The molecule has 0 spiro atoms. The predicted octanol–water partition coefficient (Wildman–Crippen LogP) is 4.64. The number of hydrogen-bond donors (Lipinski definition) is 1. The van der Waals surface area contributed by atoms with E-state index in [-0.39, 0.29) is 11.9 Å². The summed E-state index contributed by atoms with van der Waals surface area (Å²) in [5, 5.41) is 2.96. The number of nitrogens with one attached hydrogen (secondary N) is 1. The molecule has 0 fully saturated rings. The molecule has 0 radical (unpaired) electrons. The number of carbonyl (C=O) groups excluding carboxylic acids is 1. The van der Waals surface area contributed by atoms with Crippen LogP contribution in [-0.2, 0) is 4.79 Å². The fourth-order valence-electron chi connectivity index (χ4n) is 2.62. The Morgan fingerprint density at radius 1 is 0.960 bits per heavy atom. The predicted molar refractivity (Wildman–Crippen MR) is 102 cm³/mol. The Morgan fingerprint density at radius 2 is 1.68 bits per heavy atom. The Hall–Kier alpha value is -3.20. The summed E-state index contributed by atoms with van der Waals surface area (Å²) in [4.78, 5) is 16.1. The van der Waals surface area contributed by atoms with Crippen LogP contribution in [0.2, 0.25) is 0 Å². The molecule has 0 saturated carbocycles. The first-order valence-corrected chi connectivity index (χ1v) is 8.26. The molecule has 0 bridgehead atoms. The molecule has 0 aliphatic heterocycles. The van der Waals surface area contributed by atoms with Crippen LogP contribution in [0.4, 0.5) is 0 Å². The zero-order chi connectivity index (χ0) is 17.5. The lowest BCUT2D eigenvalue weighted by Crippen LogP contribution is -2.24. The van der Waals surface area contributed by atoms with Gasteiger partial charge in [-0.2, -0.15) is 0 Å². The van der Waals surface area contributed by atoms with E-state index in [0.29, 0.717) is 0 Å². The van der Waals surface area contributed by atoms with E-state index in [9.17, 15) is 4.79 Å². The fraction of sp³-hybridized carbons (Fsp3) is 0.0909. The van der Waals surface area contributed by atoms with Gasteiger partial charge in [-0.25, -0.2) is 0 Å². The van der Waals surface area contributed by atoms with Crippen LogP contribution in [0.5, 0.6) is 0 Å². The Balaban J connectivity index is 1.67. The van der Waals surface area contributed by atoms with E-state index in [4.69, 9.17) is 0 Å². The molecule has 0 saturated heterocycles. The highest BCUT2D eigenvalue weighted by Crippen LogP contribution is 2.20. The van der Waals surface area contributed by atoms with E-state index in [0.717, 1.165) is 22.3 Å². The zero-order valence-corrected chi connectivity index (χ0v) is 14.1.